The number of fused-ring (bicyclic) bond motifs is 3. The minimum absolute atomic E-state index is 0. The first-order valence-electron chi connectivity index (χ1n) is 7.43. The van der Waals surface area contributed by atoms with Crippen molar-refractivity contribution in [2.45, 2.75) is 31.6 Å². The van der Waals surface area contributed by atoms with E-state index >= 15 is 0 Å². The second-order valence-corrected chi connectivity index (χ2v) is 7.00. The van der Waals surface area contributed by atoms with Crippen molar-refractivity contribution in [3.63, 3.8) is 0 Å². The maximum absolute atomic E-state index is 6.22. The minimum Gasteiger partial charge on any atom is -1.00 e. The summed E-state index contributed by atoms with van der Waals surface area (Å²) < 4.78 is 0. The number of rotatable bonds is 3. The number of hydrogen-bond acceptors (Lipinski definition) is 0. The third kappa shape index (κ3) is 2.97. The molecule has 3 saturated carbocycles. The van der Waals surface area contributed by atoms with Crippen LogP contribution >= 0.6 is 23.2 Å². The van der Waals surface area contributed by atoms with E-state index in [1.807, 2.05) is 6.07 Å². The van der Waals surface area contributed by atoms with Crippen LogP contribution in [0, 0.1) is 17.8 Å². The quantitative estimate of drug-likeness (QED) is 0.838. The van der Waals surface area contributed by atoms with Gasteiger partial charge >= 0.3 is 0 Å². The van der Waals surface area contributed by atoms with Gasteiger partial charge in [-0.25, -0.2) is 0 Å². The summed E-state index contributed by atoms with van der Waals surface area (Å²) in [7, 11) is 2.19. The topological polar surface area (TPSA) is 16.6 Å². The van der Waals surface area contributed by atoms with Gasteiger partial charge in [0.25, 0.3) is 0 Å². The van der Waals surface area contributed by atoms with Gasteiger partial charge in [0.05, 0.1) is 23.6 Å². The van der Waals surface area contributed by atoms with Gasteiger partial charge in [-0.2, -0.15) is 0 Å². The third-order valence-corrected chi connectivity index (χ3v) is 5.97. The molecule has 0 amide bonds. The van der Waals surface area contributed by atoms with Crippen molar-refractivity contribution in [1.82, 2.24) is 0 Å². The summed E-state index contributed by atoms with van der Waals surface area (Å²) in [6, 6.07) is 6.27. The zero-order chi connectivity index (χ0) is 13.4. The molecule has 2 bridgehead atoms. The van der Waals surface area contributed by atoms with E-state index in [-0.39, 0.29) is 12.4 Å². The Morgan fingerprint density at radius 1 is 1.05 bits per heavy atom. The molecule has 2 N–H and O–H groups in total. The Morgan fingerprint density at radius 2 is 1.70 bits per heavy atom. The molecular weight excluding hydrogens is 313 g/mol. The van der Waals surface area contributed by atoms with Gasteiger partial charge in [0.2, 0.25) is 0 Å². The van der Waals surface area contributed by atoms with Crippen LogP contribution in [0.5, 0.6) is 0 Å². The minimum atomic E-state index is 0. The standard InChI is InChI=1S/C16H21Cl2N.ClH/c1-19-9-13-10-2-4-11(5-3-10)16(13)12-6-7-14(17)15(18)8-12;/h6-8,10-11,13,16,19H,2-5,9H2,1H3;1H. The molecule has 3 aliphatic carbocycles. The van der Waals surface area contributed by atoms with Gasteiger partial charge in [-0.3, -0.25) is 0 Å². The molecule has 20 heavy (non-hydrogen) atoms. The predicted molar refractivity (Wildman–Crippen MR) is 80.9 cm³/mol. The number of nitrogens with two attached hydrogens (primary N) is 1. The molecule has 0 aliphatic heterocycles. The molecule has 3 aliphatic rings. The van der Waals surface area contributed by atoms with E-state index in [1.165, 1.54) is 37.8 Å². The van der Waals surface area contributed by atoms with Crippen LogP contribution in [0.25, 0.3) is 0 Å². The third-order valence-electron chi connectivity index (χ3n) is 5.23. The molecule has 0 saturated heterocycles. The first-order valence-corrected chi connectivity index (χ1v) is 8.19. The highest BCUT2D eigenvalue weighted by Crippen LogP contribution is 2.53. The normalized spacial score (nSPS) is 31.9. The van der Waals surface area contributed by atoms with E-state index in [0.29, 0.717) is 16.0 Å². The largest absolute Gasteiger partial charge is 1.00 e. The van der Waals surface area contributed by atoms with E-state index in [4.69, 9.17) is 23.2 Å². The molecule has 1 aromatic rings. The molecule has 2 atom stereocenters. The lowest BCUT2D eigenvalue weighted by Gasteiger charge is -2.48. The van der Waals surface area contributed by atoms with Crippen LogP contribution in [0.4, 0.5) is 0 Å². The molecule has 0 radical (unpaired) electrons. The smallest absolute Gasteiger partial charge is 0.0790 e. The van der Waals surface area contributed by atoms with Gasteiger partial charge in [-0.15, -0.1) is 0 Å². The lowest BCUT2D eigenvalue weighted by molar-refractivity contribution is -0.635. The Bertz CT molecular complexity index is 455. The predicted octanol–water partition coefficient (Wildman–Crippen LogP) is 0.710. The van der Waals surface area contributed by atoms with Gasteiger partial charge in [0.15, 0.2) is 0 Å². The average molecular weight is 335 g/mol. The molecule has 0 aromatic heterocycles. The molecule has 0 spiro atoms. The molecule has 2 unspecified atom stereocenters. The van der Waals surface area contributed by atoms with Crippen LogP contribution < -0.4 is 17.7 Å². The van der Waals surface area contributed by atoms with Crippen molar-refractivity contribution >= 4 is 23.2 Å². The van der Waals surface area contributed by atoms with E-state index in [0.717, 1.165) is 17.8 Å². The van der Waals surface area contributed by atoms with Gasteiger partial charge in [-0.1, -0.05) is 29.3 Å². The second-order valence-electron chi connectivity index (χ2n) is 6.18. The zero-order valence-electron chi connectivity index (χ0n) is 11.8. The monoisotopic (exact) mass is 333 g/mol. The van der Waals surface area contributed by atoms with E-state index < -0.39 is 0 Å². The van der Waals surface area contributed by atoms with Crippen LogP contribution in [-0.4, -0.2) is 13.6 Å². The Balaban J connectivity index is 0.00000147. The molecule has 0 heterocycles. The van der Waals surface area contributed by atoms with E-state index in [2.05, 4.69) is 24.5 Å². The fraction of sp³-hybridized carbons (Fsp3) is 0.625. The molecule has 4 heteroatoms. The van der Waals surface area contributed by atoms with E-state index in [1.54, 1.807) is 0 Å². The maximum Gasteiger partial charge on any atom is 0.0790 e. The SMILES string of the molecule is C[NH2+]CC1C2CCC(CC2)C1c1ccc(Cl)c(Cl)c1.[Cl-]. The highest BCUT2D eigenvalue weighted by molar-refractivity contribution is 6.42. The van der Waals surface area contributed by atoms with E-state index in [9.17, 15) is 0 Å². The number of quaternary nitrogens is 1. The Hall–Kier alpha value is 0.0500. The lowest BCUT2D eigenvalue weighted by atomic mass is 9.57. The summed E-state index contributed by atoms with van der Waals surface area (Å²) in [6.45, 7) is 1.24. The molecule has 112 valence electrons. The fourth-order valence-electron chi connectivity index (χ4n) is 4.43. The first-order chi connectivity index (χ1) is 9.20. The number of halogens is 3. The number of hydrogen-bond donors (Lipinski definition) is 1. The molecule has 1 nitrogen and oxygen atoms in total. The van der Waals surface area contributed by atoms with Crippen molar-refractivity contribution < 1.29 is 17.7 Å². The highest BCUT2D eigenvalue weighted by Gasteiger charge is 2.44. The highest BCUT2D eigenvalue weighted by atomic mass is 35.5. The first kappa shape index (κ1) is 16.4. The van der Waals surface area contributed by atoms with Gasteiger partial charge < -0.3 is 17.7 Å². The van der Waals surface area contributed by atoms with Crippen LogP contribution in [0.2, 0.25) is 10.0 Å². The number of benzene rings is 1. The van der Waals surface area contributed by atoms with Crippen LogP contribution in [0.3, 0.4) is 0 Å². The summed E-state index contributed by atoms with van der Waals surface area (Å²) >= 11 is 12.3. The maximum atomic E-state index is 6.22. The van der Waals surface area contributed by atoms with Crippen molar-refractivity contribution in [2.75, 3.05) is 13.6 Å². The summed E-state index contributed by atoms with van der Waals surface area (Å²) in [6.07, 6.45) is 5.66. The fourth-order valence-corrected chi connectivity index (χ4v) is 4.73. The summed E-state index contributed by atoms with van der Waals surface area (Å²) in [5.74, 6) is 3.28. The molecular formula is C16H22Cl3N. The van der Waals surface area contributed by atoms with Gasteiger partial charge in [-0.05, 0) is 61.1 Å². The lowest BCUT2D eigenvalue weighted by Crippen LogP contribution is -3.00. The van der Waals surface area contributed by atoms with Crippen molar-refractivity contribution in [3.8, 4) is 0 Å². The molecule has 3 fully saturated rings. The van der Waals surface area contributed by atoms with Crippen LogP contribution in [-0.2, 0) is 0 Å². The Kier molecular flexibility index (Phi) is 5.64. The second kappa shape index (κ2) is 6.87. The van der Waals surface area contributed by atoms with Crippen LogP contribution in [0.1, 0.15) is 37.2 Å². The van der Waals surface area contributed by atoms with Crippen molar-refractivity contribution in [1.29, 1.82) is 0 Å². The molecule has 1 aromatic carbocycles. The molecule has 4 rings (SSSR count). The van der Waals surface area contributed by atoms with Gasteiger partial charge in [0.1, 0.15) is 0 Å². The van der Waals surface area contributed by atoms with Crippen molar-refractivity contribution in [2.24, 2.45) is 17.8 Å². The summed E-state index contributed by atoms with van der Waals surface area (Å²) in [5, 5.41) is 3.72. The average Bonchev–Trinajstić information content (AvgIpc) is 2.44. The summed E-state index contributed by atoms with van der Waals surface area (Å²) in [4.78, 5) is 0. The Morgan fingerprint density at radius 3 is 2.30 bits per heavy atom. The summed E-state index contributed by atoms with van der Waals surface area (Å²) in [5.41, 5.74) is 1.41. The zero-order valence-corrected chi connectivity index (χ0v) is 14.1. The van der Waals surface area contributed by atoms with Crippen molar-refractivity contribution in [3.05, 3.63) is 33.8 Å². The van der Waals surface area contributed by atoms with Gasteiger partial charge in [0, 0.05) is 5.92 Å². The van der Waals surface area contributed by atoms with Crippen LogP contribution in [0.15, 0.2) is 18.2 Å². The Labute approximate surface area is 137 Å².